The minimum atomic E-state index is -4.96. The third-order valence-electron chi connectivity index (χ3n) is 4.88. The lowest BCUT2D eigenvalue weighted by molar-refractivity contribution is -0.221. The molecule has 3 rings (SSSR count). The second-order valence-corrected chi connectivity index (χ2v) is 6.88. The number of halogens is 4. The summed E-state index contributed by atoms with van der Waals surface area (Å²) in [5.74, 6) is -2.19. The molecule has 28 heavy (non-hydrogen) atoms. The lowest BCUT2D eigenvalue weighted by atomic mass is 9.92. The Hall–Kier alpha value is -2.63. The van der Waals surface area contributed by atoms with Gasteiger partial charge >= 0.3 is 23.5 Å². The van der Waals surface area contributed by atoms with E-state index < -0.39 is 59.3 Å². The van der Waals surface area contributed by atoms with Crippen molar-refractivity contribution in [1.82, 2.24) is 4.90 Å². The molecule has 0 bridgehead atoms. The standard InChI is InChI=1S/C16H13F4NO6S/c17-7-1-3-8(4-2-7)26-14(28)27-12(16(18,19)20)15-5-9(11(22)23)21(13(24)25)10(15)6-15/h1-4,9-10,12H,5-6H2,(H,22,23)(H,24,25)/t9-,10-,12?,15-/m0/s1. The average molecular weight is 423 g/mol. The number of ether oxygens (including phenoxy) is 2. The maximum absolute atomic E-state index is 13.6. The fraction of sp³-hybridized carbons (Fsp3) is 0.438. The Morgan fingerprint density at radius 3 is 2.29 bits per heavy atom. The quantitative estimate of drug-likeness (QED) is 0.568. The van der Waals surface area contributed by atoms with Gasteiger partial charge < -0.3 is 19.7 Å². The van der Waals surface area contributed by atoms with E-state index in [0.717, 1.165) is 24.3 Å². The van der Waals surface area contributed by atoms with E-state index >= 15 is 0 Å². The molecular weight excluding hydrogens is 410 g/mol. The third kappa shape index (κ3) is 3.55. The van der Waals surface area contributed by atoms with E-state index in [-0.39, 0.29) is 12.2 Å². The van der Waals surface area contributed by atoms with Gasteiger partial charge in [-0.25, -0.2) is 14.0 Å². The zero-order chi connectivity index (χ0) is 20.9. The van der Waals surface area contributed by atoms with Gasteiger partial charge in [0, 0.05) is 23.7 Å². The number of carbonyl (C=O) groups is 2. The predicted octanol–water partition coefficient (Wildman–Crippen LogP) is 3.03. The number of carboxylic acids is 1. The van der Waals surface area contributed by atoms with Crippen molar-refractivity contribution in [2.45, 2.75) is 37.2 Å². The van der Waals surface area contributed by atoms with Crippen LogP contribution in [0, 0.1) is 11.2 Å². The zero-order valence-electron chi connectivity index (χ0n) is 13.9. The van der Waals surface area contributed by atoms with E-state index in [2.05, 4.69) is 0 Å². The number of rotatable bonds is 4. The molecule has 1 aromatic rings. The molecule has 2 N–H and O–H groups in total. The summed E-state index contributed by atoms with van der Waals surface area (Å²) in [7, 11) is 0. The minimum Gasteiger partial charge on any atom is -0.480 e. The van der Waals surface area contributed by atoms with Gasteiger partial charge in [0.15, 0.2) is 0 Å². The van der Waals surface area contributed by atoms with Gasteiger partial charge in [0.25, 0.3) is 0 Å². The smallest absolute Gasteiger partial charge is 0.426 e. The molecule has 1 unspecified atom stereocenters. The van der Waals surface area contributed by atoms with Gasteiger partial charge in [-0.05, 0) is 37.1 Å². The van der Waals surface area contributed by atoms with Crippen LogP contribution in [0.25, 0.3) is 0 Å². The van der Waals surface area contributed by atoms with E-state index in [4.69, 9.17) is 26.8 Å². The van der Waals surface area contributed by atoms with Crippen LogP contribution >= 0.6 is 12.2 Å². The highest BCUT2D eigenvalue weighted by Crippen LogP contribution is 2.64. The van der Waals surface area contributed by atoms with Gasteiger partial charge in [-0.3, -0.25) is 4.90 Å². The average Bonchev–Trinajstić information content (AvgIpc) is 3.18. The van der Waals surface area contributed by atoms with Crippen molar-refractivity contribution < 1.29 is 46.8 Å². The normalized spacial score (nSPS) is 26.9. The molecule has 2 fully saturated rings. The molecule has 2 aliphatic rings. The Balaban J connectivity index is 1.80. The predicted molar refractivity (Wildman–Crippen MR) is 87.3 cm³/mol. The molecule has 0 aromatic heterocycles. The van der Waals surface area contributed by atoms with Gasteiger partial charge in [-0.2, -0.15) is 13.2 Å². The number of alkyl halides is 3. The number of carboxylic acid groups (broad SMARTS) is 2. The molecule has 1 saturated heterocycles. The SMILES string of the molecule is O=C(O)[C@@H]1C[C@]2(C(OC(=S)Oc3ccc(F)cc3)C(F)(F)F)C[C@@H]2N1C(=O)O. The first-order valence-electron chi connectivity index (χ1n) is 7.90. The van der Waals surface area contributed by atoms with Crippen molar-refractivity contribution >= 4 is 29.5 Å². The number of nitrogens with zero attached hydrogens (tertiary/aromatic N) is 1. The number of fused-ring (bicyclic) bond motifs is 1. The molecule has 152 valence electrons. The molecule has 1 saturated carbocycles. The Labute approximate surface area is 160 Å². The Kier molecular flexibility index (Phi) is 4.86. The molecule has 0 spiro atoms. The molecular formula is C16H13F4NO6S. The minimum absolute atomic E-state index is 0.0563. The summed E-state index contributed by atoms with van der Waals surface area (Å²) in [4.78, 5) is 23.1. The van der Waals surface area contributed by atoms with Gasteiger partial charge in [0.2, 0.25) is 6.10 Å². The Morgan fingerprint density at radius 1 is 1.21 bits per heavy atom. The number of likely N-dealkylation sites (tertiary alicyclic amines) is 1. The monoisotopic (exact) mass is 423 g/mol. The van der Waals surface area contributed by atoms with E-state index in [1.807, 2.05) is 0 Å². The van der Waals surface area contributed by atoms with Gasteiger partial charge in [0.05, 0.1) is 0 Å². The summed E-state index contributed by atoms with van der Waals surface area (Å²) in [5, 5.41) is 17.5. The third-order valence-corrected chi connectivity index (χ3v) is 5.06. The van der Waals surface area contributed by atoms with E-state index in [1.54, 1.807) is 0 Å². The molecule has 4 atom stereocenters. The van der Waals surface area contributed by atoms with Crippen LogP contribution in [0.3, 0.4) is 0 Å². The number of thiocarbonyl (C=S) groups is 1. The molecule has 7 nitrogen and oxygen atoms in total. The van der Waals surface area contributed by atoms with Crippen LogP contribution in [-0.2, 0) is 9.53 Å². The number of hydrogen-bond acceptors (Lipinski definition) is 5. The number of hydrogen-bond donors (Lipinski definition) is 2. The highest BCUT2D eigenvalue weighted by Gasteiger charge is 2.76. The summed E-state index contributed by atoms with van der Waals surface area (Å²) in [5.41, 5.74) is -1.77. The highest BCUT2D eigenvalue weighted by atomic mass is 32.1. The number of benzene rings is 1. The molecule has 12 heteroatoms. The van der Waals surface area contributed by atoms with Crippen LogP contribution in [0.4, 0.5) is 22.4 Å². The Bertz CT molecular complexity index is 816. The number of piperidine rings is 1. The van der Waals surface area contributed by atoms with Crippen LogP contribution in [-0.4, -0.2) is 56.8 Å². The van der Waals surface area contributed by atoms with Crippen LogP contribution in [0.2, 0.25) is 0 Å². The fourth-order valence-electron chi connectivity index (χ4n) is 3.66. The lowest BCUT2D eigenvalue weighted by Gasteiger charge is -2.28. The van der Waals surface area contributed by atoms with E-state index in [0.29, 0.717) is 4.90 Å². The van der Waals surface area contributed by atoms with Crippen LogP contribution in [0.15, 0.2) is 24.3 Å². The van der Waals surface area contributed by atoms with Crippen molar-refractivity contribution in [2.24, 2.45) is 5.41 Å². The summed E-state index contributed by atoms with van der Waals surface area (Å²) in [6.45, 7) is 0. The summed E-state index contributed by atoms with van der Waals surface area (Å²) in [6, 6.07) is 1.51. The lowest BCUT2D eigenvalue weighted by Crippen LogP contribution is -2.43. The van der Waals surface area contributed by atoms with E-state index in [1.165, 1.54) is 0 Å². The molecule has 1 aliphatic heterocycles. The van der Waals surface area contributed by atoms with Crippen molar-refractivity contribution in [3.05, 3.63) is 30.1 Å². The first-order valence-corrected chi connectivity index (χ1v) is 8.31. The zero-order valence-corrected chi connectivity index (χ0v) is 14.7. The second-order valence-electron chi connectivity index (χ2n) is 6.55. The largest absolute Gasteiger partial charge is 0.480 e. The first-order chi connectivity index (χ1) is 13.0. The van der Waals surface area contributed by atoms with Crippen LogP contribution in [0.1, 0.15) is 12.8 Å². The maximum atomic E-state index is 13.6. The first kappa shape index (κ1) is 20.1. The number of aliphatic carboxylic acids is 1. The van der Waals surface area contributed by atoms with E-state index in [9.17, 15) is 32.3 Å². The fourth-order valence-corrected chi connectivity index (χ4v) is 3.85. The second kappa shape index (κ2) is 6.76. The molecule has 1 amide bonds. The van der Waals surface area contributed by atoms with Gasteiger partial charge in [0.1, 0.15) is 17.6 Å². The van der Waals surface area contributed by atoms with Crippen LogP contribution < -0.4 is 4.74 Å². The molecule has 1 heterocycles. The number of amides is 1. The van der Waals surface area contributed by atoms with Crippen molar-refractivity contribution in [3.63, 3.8) is 0 Å². The van der Waals surface area contributed by atoms with Crippen molar-refractivity contribution in [2.75, 3.05) is 0 Å². The van der Waals surface area contributed by atoms with Gasteiger partial charge in [-0.15, -0.1) is 0 Å². The summed E-state index contributed by atoms with van der Waals surface area (Å²) >= 11 is 4.70. The van der Waals surface area contributed by atoms with Crippen LogP contribution in [0.5, 0.6) is 5.75 Å². The van der Waals surface area contributed by atoms with Crippen molar-refractivity contribution in [1.29, 1.82) is 0 Å². The summed E-state index contributed by atoms with van der Waals surface area (Å²) in [6.07, 6.45) is -9.91. The highest BCUT2D eigenvalue weighted by molar-refractivity contribution is 7.79. The molecule has 1 aromatic carbocycles. The maximum Gasteiger partial charge on any atom is 0.426 e. The summed E-state index contributed by atoms with van der Waals surface area (Å²) < 4.78 is 63.6. The topological polar surface area (TPSA) is 96.3 Å². The Morgan fingerprint density at radius 2 is 1.82 bits per heavy atom. The van der Waals surface area contributed by atoms with Crippen molar-refractivity contribution in [3.8, 4) is 5.75 Å². The molecule has 1 aliphatic carbocycles. The van der Waals surface area contributed by atoms with Gasteiger partial charge in [-0.1, -0.05) is 0 Å². The molecule has 0 radical (unpaired) electrons.